The Kier molecular flexibility index (Phi) is 14.5. The van der Waals surface area contributed by atoms with Crippen LogP contribution in [0, 0.1) is 0 Å². The average Bonchev–Trinajstić information content (AvgIpc) is 3.05. The third kappa shape index (κ3) is 12.8. The molecule has 1 atom stereocenters. The number of rotatable bonds is 14. The molecule has 0 saturated heterocycles. The summed E-state index contributed by atoms with van der Waals surface area (Å²) in [4.78, 5) is 29.2. The van der Waals surface area contributed by atoms with E-state index in [4.69, 9.17) is 30.6 Å². The van der Waals surface area contributed by atoms with Gasteiger partial charge in [-0.05, 0) is 66.7 Å². The summed E-state index contributed by atoms with van der Waals surface area (Å²) in [5.41, 5.74) is 8.88. The standard InChI is InChI=1S/C30H41N9O6/c1-21(44-30(41)45-26-13-5-4-6-14-26)43-20-24-11-7-9-22(15-24)19-34-38-36-27(31)17-28(35-32)37-33-18-23-10-8-12-25(16-23)29(40)39(2)42-3/h7-12,15-16,21,26H,4-6,13-14,17-20,32H2,1-3H3,(H2,31,34,36). The minimum absolute atomic E-state index is 0.0114. The van der Waals surface area contributed by atoms with Crippen LogP contribution in [0.2, 0.25) is 0 Å². The molecule has 1 unspecified atom stereocenters. The van der Waals surface area contributed by atoms with Crippen molar-refractivity contribution < 1.29 is 28.6 Å². The number of carbonyl (C=O) groups excluding carboxylic acids is 2. The van der Waals surface area contributed by atoms with E-state index in [1.54, 1.807) is 25.1 Å². The molecule has 0 bridgehead atoms. The molecular formula is C30H41N9O6. The minimum Gasteiger partial charge on any atom is -0.431 e. The molecule has 15 nitrogen and oxygen atoms in total. The number of hydrogen-bond donors (Lipinski definition) is 2. The number of ether oxygens (including phenoxy) is 3. The second kappa shape index (κ2) is 18.8. The molecule has 3 rings (SSSR count). The average molecular weight is 624 g/mol. The zero-order valence-corrected chi connectivity index (χ0v) is 25.9. The van der Waals surface area contributed by atoms with Gasteiger partial charge >= 0.3 is 6.16 Å². The first-order valence-corrected chi connectivity index (χ1v) is 14.6. The van der Waals surface area contributed by atoms with Crippen molar-refractivity contribution in [1.82, 2.24) is 5.06 Å². The van der Waals surface area contributed by atoms with Gasteiger partial charge in [-0.1, -0.05) is 42.8 Å². The lowest BCUT2D eigenvalue weighted by Gasteiger charge is -2.22. The molecule has 15 heteroatoms. The number of hydrogen-bond acceptors (Lipinski definition) is 11. The number of azo groups is 1. The molecule has 0 spiro atoms. The lowest BCUT2D eigenvalue weighted by Crippen LogP contribution is -2.25. The number of benzene rings is 2. The summed E-state index contributed by atoms with van der Waals surface area (Å²) in [7, 11) is 2.94. The quantitative estimate of drug-likeness (QED) is 0.0543. The lowest BCUT2D eigenvalue weighted by molar-refractivity contribution is -0.124. The van der Waals surface area contributed by atoms with Crippen LogP contribution in [-0.2, 0) is 38.7 Å². The number of carbonyl (C=O) groups is 2. The lowest BCUT2D eigenvalue weighted by atomic mass is 9.98. The fourth-order valence-electron chi connectivity index (χ4n) is 4.32. The zero-order valence-electron chi connectivity index (χ0n) is 25.9. The molecule has 4 N–H and O–H groups in total. The van der Waals surface area contributed by atoms with Crippen molar-refractivity contribution in [2.75, 3.05) is 14.2 Å². The summed E-state index contributed by atoms with van der Waals surface area (Å²) in [5.74, 6) is 5.38. The Morgan fingerprint density at radius 2 is 1.69 bits per heavy atom. The van der Waals surface area contributed by atoms with E-state index in [0.29, 0.717) is 5.56 Å². The highest BCUT2D eigenvalue weighted by Crippen LogP contribution is 2.21. The number of nitrogens with two attached hydrogens (primary N) is 2. The van der Waals surface area contributed by atoms with Crippen LogP contribution in [-0.4, -0.2) is 55.3 Å². The predicted octanol–water partition coefficient (Wildman–Crippen LogP) is 5.21. The molecule has 242 valence electrons. The maximum absolute atomic E-state index is 12.3. The van der Waals surface area contributed by atoms with Crippen molar-refractivity contribution in [1.29, 1.82) is 0 Å². The minimum atomic E-state index is -0.756. The molecule has 2 aromatic carbocycles. The predicted molar refractivity (Wildman–Crippen MR) is 166 cm³/mol. The van der Waals surface area contributed by atoms with Crippen molar-refractivity contribution in [3.8, 4) is 0 Å². The van der Waals surface area contributed by atoms with E-state index >= 15 is 0 Å². The first-order valence-electron chi connectivity index (χ1n) is 14.6. The maximum Gasteiger partial charge on any atom is 0.510 e. The van der Waals surface area contributed by atoms with Crippen LogP contribution in [0.3, 0.4) is 0 Å². The molecule has 0 radical (unpaired) electrons. The molecule has 1 fully saturated rings. The van der Waals surface area contributed by atoms with Crippen LogP contribution in [0.25, 0.3) is 0 Å². The highest BCUT2D eigenvalue weighted by molar-refractivity contribution is 6.01. The third-order valence-electron chi connectivity index (χ3n) is 6.70. The highest BCUT2D eigenvalue weighted by Gasteiger charge is 2.20. The normalized spacial score (nSPS) is 15.4. The number of hydrazone groups is 1. The van der Waals surface area contributed by atoms with E-state index in [2.05, 4.69) is 30.8 Å². The fourth-order valence-corrected chi connectivity index (χ4v) is 4.32. The smallest absolute Gasteiger partial charge is 0.431 e. The van der Waals surface area contributed by atoms with Crippen molar-refractivity contribution in [3.05, 3.63) is 70.8 Å². The van der Waals surface area contributed by atoms with Crippen LogP contribution in [0.1, 0.15) is 72.5 Å². The van der Waals surface area contributed by atoms with Gasteiger partial charge in [-0.15, -0.1) is 10.2 Å². The van der Waals surface area contributed by atoms with Gasteiger partial charge in [-0.3, -0.25) is 9.63 Å². The Morgan fingerprint density at radius 3 is 2.42 bits per heavy atom. The van der Waals surface area contributed by atoms with E-state index in [1.807, 2.05) is 30.3 Å². The van der Waals surface area contributed by atoms with Gasteiger partial charge in [0.1, 0.15) is 11.9 Å². The summed E-state index contributed by atoms with van der Waals surface area (Å²) >= 11 is 0. The first-order chi connectivity index (χ1) is 21.8. The topological polar surface area (TPSA) is 200 Å². The van der Waals surface area contributed by atoms with Gasteiger partial charge in [0.25, 0.3) is 5.91 Å². The summed E-state index contributed by atoms with van der Waals surface area (Å²) in [6.45, 7) is 2.33. The molecule has 1 aliphatic rings. The second-order valence-corrected chi connectivity index (χ2v) is 10.2. The Labute approximate surface area is 262 Å². The van der Waals surface area contributed by atoms with Crippen molar-refractivity contribution in [3.63, 3.8) is 0 Å². The van der Waals surface area contributed by atoms with Gasteiger partial charge in [-0.25, -0.2) is 9.86 Å². The van der Waals surface area contributed by atoms with E-state index in [9.17, 15) is 9.59 Å². The number of hydroxylamine groups is 2. The van der Waals surface area contributed by atoms with Crippen LogP contribution < -0.4 is 11.6 Å². The molecule has 0 aliphatic heterocycles. The highest BCUT2D eigenvalue weighted by atomic mass is 16.8. The largest absolute Gasteiger partial charge is 0.510 e. The van der Waals surface area contributed by atoms with Crippen molar-refractivity contribution in [2.45, 2.75) is 77.5 Å². The molecule has 1 saturated carbocycles. The van der Waals surface area contributed by atoms with Gasteiger partial charge in [0.05, 0.1) is 33.2 Å². The number of nitrogens with zero attached hydrogens (tertiary/aromatic N) is 7. The maximum atomic E-state index is 12.3. The summed E-state index contributed by atoms with van der Waals surface area (Å²) < 4.78 is 16.2. The molecular weight excluding hydrogens is 582 g/mol. The third-order valence-corrected chi connectivity index (χ3v) is 6.70. The monoisotopic (exact) mass is 623 g/mol. The van der Waals surface area contributed by atoms with Gasteiger partial charge in [0.2, 0.25) is 6.29 Å². The molecule has 0 aromatic heterocycles. The zero-order chi connectivity index (χ0) is 32.4. The Balaban J connectivity index is 1.41. The SMILES string of the molecule is CON(C)C(=O)c1cccc(CN=NC(CC(N)=NN=NCc2cccc(COC(C)OC(=O)OC3CCCCC3)c2)=NN)c1. The molecule has 0 heterocycles. The van der Waals surface area contributed by atoms with E-state index in [1.165, 1.54) is 20.6 Å². The fraction of sp³-hybridized carbons (Fsp3) is 0.467. The number of amides is 1. The van der Waals surface area contributed by atoms with Crippen LogP contribution in [0.4, 0.5) is 4.79 Å². The number of amidine groups is 2. The van der Waals surface area contributed by atoms with Gasteiger partial charge in [-0.2, -0.15) is 15.3 Å². The molecule has 1 amide bonds. The van der Waals surface area contributed by atoms with Crippen LogP contribution in [0.5, 0.6) is 0 Å². The molecule has 45 heavy (non-hydrogen) atoms. The summed E-state index contributed by atoms with van der Waals surface area (Å²) in [5, 5.41) is 24.5. The first kappa shape index (κ1) is 34.7. The Hall–Kier alpha value is -4.76. The Morgan fingerprint density at radius 1 is 1.00 bits per heavy atom. The van der Waals surface area contributed by atoms with E-state index < -0.39 is 12.4 Å². The van der Waals surface area contributed by atoms with Crippen LogP contribution >= 0.6 is 0 Å². The summed E-state index contributed by atoms with van der Waals surface area (Å²) in [6, 6.07) is 14.5. The van der Waals surface area contributed by atoms with Gasteiger partial charge < -0.3 is 25.8 Å². The molecule has 2 aromatic rings. The second-order valence-electron chi connectivity index (χ2n) is 10.2. The molecule has 1 aliphatic carbocycles. The Bertz CT molecular complexity index is 1380. The van der Waals surface area contributed by atoms with E-state index in [-0.39, 0.29) is 49.8 Å². The van der Waals surface area contributed by atoms with Gasteiger partial charge in [0.15, 0.2) is 5.84 Å². The van der Waals surface area contributed by atoms with Crippen LogP contribution in [0.15, 0.2) is 79.3 Å². The van der Waals surface area contributed by atoms with Gasteiger partial charge in [0, 0.05) is 12.6 Å². The van der Waals surface area contributed by atoms with E-state index in [0.717, 1.165) is 47.4 Å². The van der Waals surface area contributed by atoms with Crippen molar-refractivity contribution in [2.24, 2.45) is 42.3 Å². The summed E-state index contributed by atoms with van der Waals surface area (Å²) in [6.07, 6.45) is 3.52. The van der Waals surface area contributed by atoms with Crippen molar-refractivity contribution >= 4 is 23.7 Å².